The Morgan fingerprint density at radius 1 is 1.55 bits per heavy atom. The Bertz CT molecular complexity index is 703. The molecule has 7 heteroatoms. The van der Waals surface area contributed by atoms with Crippen molar-refractivity contribution in [2.24, 2.45) is 7.05 Å². The highest BCUT2D eigenvalue weighted by molar-refractivity contribution is 9.10. The van der Waals surface area contributed by atoms with Crippen molar-refractivity contribution in [1.29, 1.82) is 5.26 Å². The van der Waals surface area contributed by atoms with E-state index < -0.39 is 0 Å². The Morgan fingerprint density at radius 3 is 2.95 bits per heavy atom. The number of nitrogens with one attached hydrogen (secondary N) is 1. The monoisotopic (exact) mass is 334 g/mol. The van der Waals surface area contributed by atoms with E-state index in [9.17, 15) is 4.79 Å². The van der Waals surface area contributed by atoms with Crippen molar-refractivity contribution >= 4 is 27.7 Å². The first kappa shape index (κ1) is 14.1. The third kappa shape index (κ3) is 2.81. The van der Waals surface area contributed by atoms with Gasteiger partial charge in [-0.2, -0.15) is 10.4 Å². The first-order valence-corrected chi connectivity index (χ1v) is 6.43. The second kappa shape index (κ2) is 5.75. The number of aryl methyl sites for hydroxylation is 1. The number of nitriles is 1. The van der Waals surface area contributed by atoms with Crippen LogP contribution in [0, 0.1) is 11.3 Å². The number of nitrogens with zero attached hydrogens (tertiary/aromatic N) is 3. The van der Waals surface area contributed by atoms with Crippen molar-refractivity contribution in [3.63, 3.8) is 0 Å². The third-order valence-electron chi connectivity index (χ3n) is 2.60. The molecule has 0 bridgehead atoms. The highest BCUT2D eigenvalue weighted by atomic mass is 79.9. The molecule has 2 aromatic rings. The van der Waals surface area contributed by atoms with Crippen LogP contribution < -0.4 is 10.1 Å². The predicted molar refractivity (Wildman–Crippen MR) is 76.6 cm³/mol. The van der Waals surface area contributed by atoms with Gasteiger partial charge in [0.25, 0.3) is 5.91 Å². The lowest BCUT2D eigenvalue weighted by Gasteiger charge is -2.07. The average Bonchev–Trinajstić information content (AvgIpc) is 2.79. The van der Waals surface area contributed by atoms with Crippen LogP contribution in [0.3, 0.4) is 0 Å². The summed E-state index contributed by atoms with van der Waals surface area (Å²) in [7, 11) is 3.20. The maximum atomic E-state index is 12.2. The van der Waals surface area contributed by atoms with Crippen LogP contribution in [0.15, 0.2) is 28.9 Å². The molecule has 0 saturated heterocycles. The fraction of sp³-hybridized carbons (Fsp3) is 0.154. The lowest BCUT2D eigenvalue weighted by atomic mass is 10.2. The van der Waals surface area contributed by atoms with E-state index in [2.05, 4.69) is 26.3 Å². The minimum absolute atomic E-state index is 0.231. The van der Waals surface area contributed by atoms with Gasteiger partial charge in [0.1, 0.15) is 17.4 Å². The van der Waals surface area contributed by atoms with Crippen molar-refractivity contribution in [1.82, 2.24) is 9.78 Å². The van der Waals surface area contributed by atoms with E-state index >= 15 is 0 Å². The number of ether oxygens (including phenoxy) is 1. The molecule has 1 aromatic heterocycles. The summed E-state index contributed by atoms with van der Waals surface area (Å²) in [5.74, 6) is 0.431. The van der Waals surface area contributed by atoms with Crippen LogP contribution in [0.2, 0.25) is 0 Å². The molecule has 0 aliphatic carbocycles. The number of aromatic nitrogens is 2. The molecule has 2 rings (SSSR count). The zero-order valence-electron chi connectivity index (χ0n) is 10.8. The Balaban J connectivity index is 2.30. The summed E-state index contributed by atoms with van der Waals surface area (Å²) < 4.78 is 7.18. The van der Waals surface area contributed by atoms with Crippen LogP contribution in [-0.2, 0) is 7.05 Å². The van der Waals surface area contributed by atoms with Gasteiger partial charge >= 0.3 is 0 Å². The number of benzene rings is 1. The van der Waals surface area contributed by atoms with E-state index in [-0.39, 0.29) is 11.7 Å². The largest absolute Gasteiger partial charge is 0.497 e. The molecule has 0 aliphatic rings. The predicted octanol–water partition coefficient (Wildman–Crippen LogP) is 2.32. The smallest absolute Gasteiger partial charge is 0.258 e. The summed E-state index contributed by atoms with van der Waals surface area (Å²) in [6.07, 6.45) is 1.54. The number of carbonyl (C=O) groups excluding carboxylic acids is 1. The van der Waals surface area contributed by atoms with E-state index in [1.807, 2.05) is 6.07 Å². The minimum Gasteiger partial charge on any atom is -0.497 e. The van der Waals surface area contributed by atoms with E-state index in [1.165, 1.54) is 18.0 Å². The van der Waals surface area contributed by atoms with Gasteiger partial charge in [-0.05, 0) is 34.1 Å². The quantitative estimate of drug-likeness (QED) is 0.933. The van der Waals surface area contributed by atoms with Gasteiger partial charge in [-0.1, -0.05) is 0 Å². The fourth-order valence-electron chi connectivity index (χ4n) is 1.64. The van der Waals surface area contributed by atoms with Gasteiger partial charge in [0.15, 0.2) is 5.82 Å². The van der Waals surface area contributed by atoms with E-state index in [0.717, 1.165) is 0 Å². The second-order valence-electron chi connectivity index (χ2n) is 3.98. The number of carbonyl (C=O) groups is 1. The summed E-state index contributed by atoms with van der Waals surface area (Å²) in [5.41, 5.74) is 0.707. The van der Waals surface area contributed by atoms with Gasteiger partial charge in [0, 0.05) is 17.7 Å². The van der Waals surface area contributed by atoms with E-state index in [0.29, 0.717) is 21.3 Å². The number of hydrogen-bond donors (Lipinski definition) is 1. The normalized spacial score (nSPS) is 9.90. The maximum absolute atomic E-state index is 12.2. The molecule has 1 aromatic carbocycles. The van der Waals surface area contributed by atoms with E-state index in [4.69, 9.17) is 10.00 Å². The summed E-state index contributed by atoms with van der Waals surface area (Å²) in [6.45, 7) is 0. The molecule has 0 unspecified atom stereocenters. The third-order valence-corrected chi connectivity index (χ3v) is 3.29. The zero-order chi connectivity index (χ0) is 14.7. The average molecular weight is 335 g/mol. The summed E-state index contributed by atoms with van der Waals surface area (Å²) in [4.78, 5) is 12.2. The molecule has 0 radical (unpaired) electrons. The summed E-state index contributed by atoms with van der Waals surface area (Å²) >= 11 is 3.31. The highest BCUT2D eigenvalue weighted by Crippen LogP contribution is 2.23. The molecular weight excluding hydrogens is 324 g/mol. The van der Waals surface area contributed by atoms with Crippen LogP contribution in [0.4, 0.5) is 5.82 Å². The molecule has 0 spiro atoms. The summed E-state index contributed by atoms with van der Waals surface area (Å²) in [5, 5.41) is 15.6. The summed E-state index contributed by atoms with van der Waals surface area (Å²) in [6, 6.07) is 7.04. The maximum Gasteiger partial charge on any atom is 0.258 e. The van der Waals surface area contributed by atoms with Crippen LogP contribution >= 0.6 is 15.9 Å². The fourth-order valence-corrected chi connectivity index (χ4v) is 2.07. The Kier molecular flexibility index (Phi) is 4.05. The Labute approximate surface area is 124 Å². The molecule has 0 aliphatic heterocycles. The molecule has 0 fully saturated rings. The molecule has 6 nitrogen and oxygen atoms in total. The standard InChI is InChI=1S/C13H11BrN4O2/c1-18-7-8(6-15)12(17-18)16-13(19)10-5-9(20-2)3-4-11(10)14/h3-5,7H,1-2H3,(H,16,17,19). The van der Waals surface area contributed by atoms with Gasteiger partial charge in [-0.25, -0.2) is 0 Å². The molecule has 20 heavy (non-hydrogen) atoms. The highest BCUT2D eigenvalue weighted by Gasteiger charge is 2.15. The second-order valence-corrected chi connectivity index (χ2v) is 4.83. The SMILES string of the molecule is COc1ccc(Br)c(C(=O)Nc2nn(C)cc2C#N)c1. The Morgan fingerprint density at radius 2 is 2.30 bits per heavy atom. The number of hydrogen-bond acceptors (Lipinski definition) is 4. The van der Waals surface area contributed by atoms with Crippen molar-refractivity contribution in [3.05, 3.63) is 40.0 Å². The molecule has 1 heterocycles. The molecule has 1 amide bonds. The first-order chi connectivity index (χ1) is 9.55. The van der Waals surface area contributed by atoms with Gasteiger partial charge in [0.2, 0.25) is 0 Å². The van der Waals surface area contributed by atoms with E-state index in [1.54, 1.807) is 25.2 Å². The number of methoxy groups -OCH3 is 1. The molecule has 0 atom stereocenters. The van der Waals surface area contributed by atoms with Crippen LogP contribution in [0.5, 0.6) is 5.75 Å². The molecule has 102 valence electrons. The number of amides is 1. The minimum atomic E-state index is -0.369. The van der Waals surface area contributed by atoms with Gasteiger partial charge in [-0.3, -0.25) is 9.48 Å². The first-order valence-electron chi connectivity index (χ1n) is 5.63. The molecule has 1 N–H and O–H groups in total. The number of anilines is 1. The van der Waals surface area contributed by atoms with Gasteiger partial charge in [0.05, 0.1) is 12.7 Å². The lowest BCUT2D eigenvalue weighted by molar-refractivity contribution is 0.102. The van der Waals surface area contributed by atoms with Crippen molar-refractivity contribution < 1.29 is 9.53 Å². The van der Waals surface area contributed by atoms with Crippen LogP contribution in [0.25, 0.3) is 0 Å². The molecular formula is C13H11BrN4O2. The van der Waals surface area contributed by atoms with Crippen molar-refractivity contribution in [2.45, 2.75) is 0 Å². The number of halogens is 1. The topological polar surface area (TPSA) is 79.9 Å². The van der Waals surface area contributed by atoms with Crippen LogP contribution in [-0.4, -0.2) is 22.8 Å². The molecule has 0 saturated carbocycles. The lowest BCUT2D eigenvalue weighted by Crippen LogP contribution is -2.14. The Hall–Kier alpha value is -2.33. The van der Waals surface area contributed by atoms with Gasteiger partial charge in [-0.15, -0.1) is 0 Å². The van der Waals surface area contributed by atoms with Crippen LogP contribution in [0.1, 0.15) is 15.9 Å². The van der Waals surface area contributed by atoms with Gasteiger partial charge < -0.3 is 10.1 Å². The van der Waals surface area contributed by atoms with Crippen molar-refractivity contribution in [3.8, 4) is 11.8 Å². The number of rotatable bonds is 3. The zero-order valence-corrected chi connectivity index (χ0v) is 12.4. The van der Waals surface area contributed by atoms with Crippen molar-refractivity contribution in [2.75, 3.05) is 12.4 Å².